The van der Waals surface area contributed by atoms with E-state index in [1.807, 2.05) is 6.92 Å². The molecule has 7 nitrogen and oxygen atoms in total. The van der Waals surface area contributed by atoms with E-state index >= 15 is 0 Å². The van der Waals surface area contributed by atoms with Crippen molar-refractivity contribution in [3.05, 3.63) is 0 Å². The van der Waals surface area contributed by atoms with Gasteiger partial charge in [-0.15, -0.1) is 0 Å². The predicted octanol–water partition coefficient (Wildman–Crippen LogP) is 2.23. The SMILES string of the molecule is CCCCC(=O)O.COCCOCCOC.O=C1CCCCCN1. The summed E-state index contributed by atoms with van der Waals surface area (Å²) in [6.45, 7) is 5.48. The van der Waals surface area contributed by atoms with Crippen LogP contribution in [0.25, 0.3) is 0 Å². The van der Waals surface area contributed by atoms with Crippen molar-refractivity contribution in [1.82, 2.24) is 5.32 Å². The van der Waals surface area contributed by atoms with Crippen LogP contribution in [-0.4, -0.2) is 64.2 Å². The van der Waals surface area contributed by atoms with Crippen LogP contribution in [0, 0.1) is 0 Å². The highest BCUT2D eigenvalue weighted by Crippen LogP contribution is 2.02. The lowest BCUT2D eigenvalue weighted by atomic mass is 10.2. The first-order valence-corrected chi connectivity index (χ1v) is 8.62. The molecular formula is C17H35NO6. The number of amides is 1. The molecule has 7 heteroatoms. The van der Waals surface area contributed by atoms with Gasteiger partial charge in [0.25, 0.3) is 0 Å². The highest BCUT2D eigenvalue weighted by atomic mass is 16.5. The highest BCUT2D eigenvalue weighted by molar-refractivity contribution is 5.75. The van der Waals surface area contributed by atoms with E-state index in [0.717, 1.165) is 38.6 Å². The molecule has 0 aromatic heterocycles. The number of hydrogen-bond donors (Lipinski definition) is 2. The number of unbranched alkanes of at least 4 members (excludes halogenated alkanes) is 1. The molecule has 0 aromatic rings. The number of carboxylic acids is 1. The molecule has 144 valence electrons. The molecule has 1 fully saturated rings. The number of aliphatic carboxylic acids is 1. The molecule has 1 amide bonds. The van der Waals surface area contributed by atoms with E-state index in [2.05, 4.69) is 5.32 Å². The van der Waals surface area contributed by atoms with Gasteiger partial charge in [0.1, 0.15) is 0 Å². The standard InChI is InChI=1S/C6H11NO.C6H14O3.C5H10O2/c8-6-4-2-1-3-5-7-6;1-7-3-5-9-6-4-8-2;1-2-3-4-5(6)7/h1-5H2,(H,7,8);3-6H2,1-2H3;2-4H2,1H3,(H,6,7). The lowest BCUT2D eigenvalue weighted by Crippen LogP contribution is -2.21. The Morgan fingerprint density at radius 1 is 1.08 bits per heavy atom. The summed E-state index contributed by atoms with van der Waals surface area (Å²) in [5.74, 6) is -0.468. The Morgan fingerprint density at radius 2 is 1.71 bits per heavy atom. The number of ether oxygens (including phenoxy) is 3. The van der Waals surface area contributed by atoms with Crippen molar-refractivity contribution < 1.29 is 28.9 Å². The van der Waals surface area contributed by atoms with Crippen LogP contribution in [0.5, 0.6) is 0 Å². The predicted molar refractivity (Wildman–Crippen MR) is 93.2 cm³/mol. The number of carboxylic acid groups (broad SMARTS) is 1. The second-order valence-electron chi connectivity index (χ2n) is 5.26. The van der Waals surface area contributed by atoms with Crippen molar-refractivity contribution in [3.8, 4) is 0 Å². The van der Waals surface area contributed by atoms with E-state index in [1.165, 1.54) is 6.42 Å². The van der Waals surface area contributed by atoms with E-state index < -0.39 is 5.97 Å². The Labute approximate surface area is 146 Å². The molecular weight excluding hydrogens is 314 g/mol. The maximum atomic E-state index is 10.6. The minimum atomic E-state index is -0.693. The third kappa shape index (κ3) is 25.8. The molecule has 0 aliphatic carbocycles. The lowest BCUT2D eigenvalue weighted by molar-refractivity contribution is -0.137. The number of nitrogens with one attached hydrogen (secondary N) is 1. The topological polar surface area (TPSA) is 94.1 Å². The van der Waals surface area contributed by atoms with Crippen molar-refractivity contribution in [2.24, 2.45) is 0 Å². The fraction of sp³-hybridized carbons (Fsp3) is 0.882. The Morgan fingerprint density at radius 3 is 2.17 bits per heavy atom. The van der Waals surface area contributed by atoms with Crippen molar-refractivity contribution in [3.63, 3.8) is 0 Å². The van der Waals surface area contributed by atoms with Gasteiger partial charge in [-0.1, -0.05) is 19.8 Å². The van der Waals surface area contributed by atoms with Crippen LogP contribution in [-0.2, 0) is 23.8 Å². The normalized spacial score (nSPS) is 13.5. The molecule has 0 radical (unpaired) electrons. The number of carbonyl (C=O) groups excluding carboxylic acids is 1. The molecule has 0 spiro atoms. The maximum absolute atomic E-state index is 10.6. The van der Waals surface area contributed by atoms with Gasteiger partial charge in [-0.25, -0.2) is 0 Å². The summed E-state index contributed by atoms with van der Waals surface area (Å²) < 4.78 is 14.6. The number of hydrogen-bond acceptors (Lipinski definition) is 5. The Bertz CT molecular complexity index is 270. The second-order valence-corrected chi connectivity index (χ2v) is 5.26. The molecule has 1 saturated heterocycles. The minimum Gasteiger partial charge on any atom is -0.481 e. The average Bonchev–Trinajstić information content (AvgIpc) is 2.81. The first kappa shape index (κ1) is 25.1. The van der Waals surface area contributed by atoms with E-state index in [0.29, 0.717) is 32.8 Å². The molecule has 1 rings (SSSR count). The molecule has 0 aromatic carbocycles. The van der Waals surface area contributed by atoms with Crippen molar-refractivity contribution in [2.75, 3.05) is 47.2 Å². The molecule has 0 bridgehead atoms. The first-order chi connectivity index (χ1) is 11.6. The summed E-state index contributed by atoms with van der Waals surface area (Å²) in [5, 5.41) is 10.9. The molecule has 1 aliphatic rings. The van der Waals surface area contributed by atoms with Crippen LogP contribution < -0.4 is 5.32 Å². The third-order valence-electron chi connectivity index (χ3n) is 3.01. The summed E-state index contributed by atoms with van der Waals surface area (Å²) in [7, 11) is 3.30. The number of methoxy groups -OCH3 is 2. The number of rotatable bonds is 9. The van der Waals surface area contributed by atoms with Gasteiger partial charge in [-0.3, -0.25) is 9.59 Å². The van der Waals surface area contributed by atoms with E-state index in [1.54, 1.807) is 14.2 Å². The van der Waals surface area contributed by atoms with Gasteiger partial charge < -0.3 is 24.6 Å². The first-order valence-electron chi connectivity index (χ1n) is 8.62. The molecule has 0 unspecified atom stereocenters. The van der Waals surface area contributed by atoms with Gasteiger partial charge in [-0.05, 0) is 19.3 Å². The fourth-order valence-electron chi connectivity index (χ4n) is 1.62. The summed E-state index contributed by atoms with van der Waals surface area (Å²) in [6.07, 6.45) is 6.26. The monoisotopic (exact) mass is 349 g/mol. The Balaban J connectivity index is 0. The van der Waals surface area contributed by atoms with E-state index in [9.17, 15) is 9.59 Å². The summed E-state index contributed by atoms with van der Waals surface area (Å²) >= 11 is 0. The Kier molecular flexibility index (Phi) is 22.8. The Hall–Kier alpha value is -1.18. The van der Waals surface area contributed by atoms with Crippen LogP contribution in [0.1, 0.15) is 51.9 Å². The van der Waals surface area contributed by atoms with Gasteiger partial charge >= 0.3 is 5.97 Å². The van der Waals surface area contributed by atoms with Gasteiger partial charge in [0.15, 0.2) is 0 Å². The van der Waals surface area contributed by atoms with Crippen LogP contribution in [0.15, 0.2) is 0 Å². The molecule has 24 heavy (non-hydrogen) atoms. The van der Waals surface area contributed by atoms with Crippen molar-refractivity contribution in [1.29, 1.82) is 0 Å². The summed E-state index contributed by atoms with van der Waals surface area (Å²) in [5.41, 5.74) is 0. The maximum Gasteiger partial charge on any atom is 0.303 e. The zero-order valence-corrected chi connectivity index (χ0v) is 15.5. The van der Waals surface area contributed by atoms with Gasteiger partial charge in [0.05, 0.1) is 26.4 Å². The van der Waals surface area contributed by atoms with E-state index in [-0.39, 0.29) is 5.91 Å². The van der Waals surface area contributed by atoms with Crippen molar-refractivity contribution >= 4 is 11.9 Å². The van der Waals surface area contributed by atoms with Crippen LogP contribution >= 0.6 is 0 Å². The molecule has 0 saturated carbocycles. The van der Waals surface area contributed by atoms with Crippen molar-refractivity contribution in [2.45, 2.75) is 51.9 Å². The minimum absolute atomic E-state index is 0.225. The average molecular weight is 349 g/mol. The van der Waals surface area contributed by atoms with Gasteiger partial charge in [0.2, 0.25) is 5.91 Å². The molecule has 1 heterocycles. The molecule has 2 N–H and O–H groups in total. The summed E-state index contributed by atoms with van der Waals surface area (Å²) in [6, 6.07) is 0. The highest BCUT2D eigenvalue weighted by Gasteiger charge is 2.03. The van der Waals surface area contributed by atoms with E-state index in [4.69, 9.17) is 19.3 Å². The number of carbonyl (C=O) groups is 2. The van der Waals surface area contributed by atoms with Crippen LogP contribution in [0.4, 0.5) is 0 Å². The molecule has 0 atom stereocenters. The largest absolute Gasteiger partial charge is 0.481 e. The third-order valence-corrected chi connectivity index (χ3v) is 3.01. The quantitative estimate of drug-likeness (QED) is 0.620. The molecule has 1 aliphatic heterocycles. The van der Waals surface area contributed by atoms with Gasteiger partial charge in [-0.2, -0.15) is 0 Å². The fourth-order valence-corrected chi connectivity index (χ4v) is 1.62. The lowest BCUT2D eigenvalue weighted by Gasteiger charge is -2.00. The smallest absolute Gasteiger partial charge is 0.303 e. The van der Waals surface area contributed by atoms with Gasteiger partial charge in [0, 0.05) is 33.6 Å². The zero-order chi connectivity index (χ0) is 18.5. The second kappa shape index (κ2) is 21.8. The van der Waals surface area contributed by atoms with Crippen LogP contribution in [0.3, 0.4) is 0 Å². The van der Waals surface area contributed by atoms with Crippen LogP contribution in [0.2, 0.25) is 0 Å². The zero-order valence-electron chi connectivity index (χ0n) is 15.5. The summed E-state index contributed by atoms with van der Waals surface area (Å²) in [4.78, 5) is 20.3.